The van der Waals surface area contributed by atoms with Gasteiger partial charge in [0.2, 0.25) is 5.91 Å². The van der Waals surface area contributed by atoms with Crippen LogP contribution in [0.5, 0.6) is 5.75 Å². The molecule has 0 aromatic heterocycles. The van der Waals surface area contributed by atoms with Gasteiger partial charge in [0.15, 0.2) is 0 Å². The van der Waals surface area contributed by atoms with Crippen molar-refractivity contribution in [1.82, 2.24) is 0 Å². The number of primary amides is 1. The van der Waals surface area contributed by atoms with E-state index in [1.54, 1.807) is 12.1 Å². The number of nitrogens with two attached hydrogens (primary N) is 1. The summed E-state index contributed by atoms with van der Waals surface area (Å²) in [7, 11) is 0. The van der Waals surface area contributed by atoms with E-state index in [9.17, 15) is 4.79 Å². The zero-order valence-corrected chi connectivity index (χ0v) is 11.9. The summed E-state index contributed by atoms with van der Waals surface area (Å²) in [6, 6.07) is 13.7. The Bertz CT molecular complexity index is 682. The number of anilines is 1. The van der Waals surface area contributed by atoms with Gasteiger partial charge in [-0.15, -0.1) is 0 Å². The molecule has 108 valence electrons. The van der Waals surface area contributed by atoms with Crippen LogP contribution in [0.1, 0.15) is 34.5 Å². The molecule has 0 bridgehead atoms. The van der Waals surface area contributed by atoms with Crippen molar-refractivity contribution in [3.63, 3.8) is 0 Å². The molecule has 1 aliphatic rings. The second kappa shape index (κ2) is 5.48. The molecule has 21 heavy (non-hydrogen) atoms. The first-order valence-electron chi connectivity index (χ1n) is 7.05. The van der Waals surface area contributed by atoms with E-state index < -0.39 is 5.91 Å². The molecule has 0 radical (unpaired) electrons. The van der Waals surface area contributed by atoms with E-state index in [1.807, 2.05) is 18.2 Å². The molecule has 0 saturated carbocycles. The Kier molecular flexibility index (Phi) is 3.52. The van der Waals surface area contributed by atoms with E-state index in [-0.39, 0.29) is 6.04 Å². The van der Waals surface area contributed by atoms with Gasteiger partial charge in [-0.05, 0) is 48.4 Å². The molecule has 3 rings (SSSR count). The van der Waals surface area contributed by atoms with E-state index in [0.29, 0.717) is 5.56 Å². The minimum absolute atomic E-state index is 0.138. The Morgan fingerprint density at radius 2 is 2.14 bits per heavy atom. The van der Waals surface area contributed by atoms with Crippen molar-refractivity contribution in [2.45, 2.75) is 19.4 Å². The monoisotopic (exact) mass is 282 g/mol. The number of hydrogen-bond donors (Lipinski definition) is 2. The van der Waals surface area contributed by atoms with Crippen LogP contribution in [0.25, 0.3) is 0 Å². The quantitative estimate of drug-likeness (QED) is 0.906. The molecular formula is C17H18N2O2. The van der Waals surface area contributed by atoms with Gasteiger partial charge in [0.1, 0.15) is 5.75 Å². The predicted molar refractivity (Wildman–Crippen MR) is 82.6 cm³/mol. The highest BCUT2D eigenvalue weighted by Crippen LogP contribution is 2.29. The van der Waals surface area contributed by atoms with Crippen molar-refractivity contribution >= 4 is 11.6 Å². The second-order valence-electron chi connectivity index (χ2n) is 5.28. The van der Waals surface area contributed by atoms with Crippen LogP contribution in [0.15, 0.2) is 42.5 Å². The first-order valence-corrected chi connectivity index (χ1v) is 7.05. The summed E-state index contributed by atoms with van der Waals surface area (Å²) in [6.45, 7) is 2.86. The Hall–Kier alpha value is -2.49. The van der Waals surface area contributed by atoms with Gasteiger partial charge in [-0.3, -0.25) is 4.79 Å². The number of carbonyl (C=O) groups excluding carboxylic acids is 1. The third kappa shape index (κ3) is 2.84. The number of benzene rings is 2. The molecule has 0 saturated heterocycles. The number of amides is 1. The average Bonchev–Trinajstić information content (AvgIpc) is 2.94. The summed E-state index contributed by atoms with van der Waals surface area (Å²) in [5.41, 5.74) is 9.15. The van der Waals surface area contributed by atoms with Crippen molar-refractivity contribution in [3.8, 4) is 5.75 Å². The molecule has 0 spiro atoms. The van der Waals surface area contributed by atoms with Gasteiger partial charge in [-0.2, -0.15) is 0 Å². The van der Waals surface area contributed by atoms with Crippen molar-refractivity contribution in [2.75, 3.05) is 11.9 Å². The fourth-order valence-corrected chi connectivity index (χ4v) is 2.57. The van der Waals surface area contributed by atoms with Crippen molar-refractivity contribution in [2.24, 2.45) is 5.73 Å². The third-order valence-electron chi connectivity index (χ3n) is 3.74. The number of carbonyl (C=O) groups is 1. The molecule has 0 fully saturated rings. The van der Waals surface area contributed by atoms with Crippen molar-refractivity contribution in [1.29, 1.82) is 0 Å². The van der Waals surface area contributed by atoms with Crippen molar-refractivity contribution < 1.29 is 9.53 Å². The molecule has 1 amide bonds. The molecule has 3 N–H and O–H groups in total. The minimum atomic E-state index is -0.416. The fourth-order valence-electron chi connectivity index (χ4n) is 2.57. The summed E-state index contributed by atoms with van der Waals surface area (Å²) in [6.07, 6.45) is 0.965. The third-order valence-corrected chi connectivity index (χ3v) is 3.74. The van der Waals surface area contributed by atoms with Gasteiger partial charge in [0, 0.05) is 23.7 Å². The Morgan fingerprint density at radius 1 is 1.29 bits per heavy atom. The topological polar surface area (TPSA) is 64.3 Å². The standard InChI is InChI=1S/C17H18N2O2/c1-11(12-5-6-16-13(9-12)7-8-21-16)19-15-4-2-3-14(10-15)17(18)20/h2-6,9-11,19H,7-8H2,1H3,(H2,18,20). The molecule has 4 nitrogen and oxygen atoms in total. The minimum Gasteiger partial charge on any atom is -0.493 e. The summed E-state index contributed by atoms with van der Waals surface area (Å²) in [5, 5.41) is 3.40. The van der Waals surface area contributed by atoms with E-state index >= 15 is 0 Å². The molecule has 1 aliphatic heterocycles. The number of rotatable bonds is 4. The maximum atomic E-state index is 11.2. The molecule has 2 aromatic rings. The van der Waals surface area contributed by atoms with Crippen LogP contribution in [0.3, 0.4) is 0 Å². The second-order valence-corrected chi connectivity index (χ2v) is 5.28. The van der Waals surface area contributed by atoms with E-state index in [2.05, 4.69) is 24.4 Å². The zero-order chi connectivity index (χ0) is 14.8. The number of ether oxygens (including phenoxy) is 1. The van der Waals surface area contributed by atoms with Crippen LogP contribution in [0.2, 0.25) is 0 Å². The average molecular weight is 282 g/mol. The van der Waals surface area contributed by atoms with Crippen LogP contribution >= 0.6 is 0 Å². The van der Waals surface area contributed by atoms with E-state index in [0.717, 1.165) is 24.5 Å². The summed E-state index contributed by atoms with van der Waals surface area (Å²) >= 11 is 0. The van der Waals surface area contributed by atoms with Crippen LogP contribution in [0.4, 0.5) is 5.69 Å². The van der Waals surface area contributed by atoms with Crippen LogP contribution in [-0.4, -0.2) is 12.5 Å². The Balaban J connectivity index is 1.78. The lowest BCUT2D eigenvalue weighted by atomic mass is 10.0. The first kappa shape index (κ1) is 13.5. The van der Waals surface area contributed by atoms with Crippen LogP contribution in [0, 0.1) is 0 Å². The van der Waals surface area contributed by atoms with Crippen LogP contribution in [-0.2, 0) is 6.42 Å². The SMILES string of the molecule is CC(Nc1cccc(C(N)=O)c1)c1ccc2c(c1)CCO2. The molecule has 1 heterocycles. The molecule has 2 aromatic carbocycles. The highest BCUT2D eigenvalue weighted by molar-refractivity contribution is 5.93. The van der Waals surface area contributed by atoms with Crippen molar-refractivity contribution in [3.05, 3.63) is 59.2 Å². The molecule has 1 unspecified atom stereocenters. The molecule has 0 aliphatic carbocycles. The van der Waals surface area contributed by atoms with Gasteiger partial charge in [-0.25, -0.2) is 0 Å². The smallest absolute Gasteiger partial charge is 0.248 e. The predicted octanol–water partition coefficient (Wildman–Crippen LogP) is 2.89. The van der Waals surface area contributed by atoms with Gasteiger partial charge < -0.3 is 15.8 Å². The normalized spacial score (nSPS) is 14.1. The zero-order valence-electron chi connectivity index (χ0n) is 11.9. The maximum absolute atomic E-state index is 11.2. The molecule has 4 heteroatoms. The molecule has 1 atom stereocenters. The Morgan fingerprint density at radius 3 is 2.95 bits per heavy atom. The first-order chi connectivity index (χ1) is 10.1. The highest BCUT2D eigenvalue weighted by atomic mass is 16.5. The van der Waals surface area contributed by atoms with Gasteiger partial charge >= 0.3 is 0 Å². The highest BCUT2D eigenvalue weighted by Gasteiger charge is 2.14. The maximum Gasteiger partial charge on any atom is 0.248 e. The largest absolute Gasteiger partial charge is 0.493 e. The number of hydrogen-bond acceptors (Lipinski definition) is 3. The fraction of sp³-hybridized carbons (Fsp3) is 0.235. The van der Waals surface area contributed by atoms with E-state index in [1.165, 1.54) is 11.1 Å². The summed E-state index contributed by atoms with van der Waals surface area (Å²) < 4.78 is 5.52. The number of nitrogens with one attached hydrogen (secondary N) is 1. The molecular weight excluding hydrogens is 264 g/mol. The lowest BCUT2D eigenvalue weighted by molar-refractivity contribution is 0.100. The lowest BCUT2D eigenvalue weighted by Gasteiger charge is -2.17. The van der Waals surface area contributed by atoms with Gasteiger partial charge in [0.25, 0.3) is 0 Å². The lowest BCUT2D eigenvalue weighted by Crippen LogP contribution is -2.12. The van der Waals surface area contributed by atoms with Gasteiger partial charge in [0.05, 0.1) is 6.61 Å². The van der Waals surface area contributed by atoms with Crippen LogP contribution < -0.4 is 15.8 Å². The summed E-state index contributed by atoms with van der Waals surface area (Å²) in [4.78, 5) is 11.2. The van der Waals surface area contributed by atoms with Gasteiger partial charge in [-0.1, -0.05) is 12.1 Å². The summed E-state index contributed by atoms with van der Waals surface area (Å²) in [5.74, 6) is 0.572. The van der Waals surface area contributed by atoms with E-state index in [4.69, 9.17) is 10.5 Å². The Labute approximate surface area is 123 Å². The number of fused-ring (bicyclic) bond motifs is 1.